The summed E-state index contributed by atoms with van der Waals surface area (Å²) >= 11 is 1.35. The van der Waals surface area contributed by atoms with Crippen LogP contribution >= 0.6 is 11.8 Å². The SMILES string of the molecule is O=C1CSc2nnc(COc3ccc4c(c3)CCC4)n2N1Cc1ccc(F)cc1. The highest BCUT2D eigenvalue weighted by atomic mass is 32.2. The Labute approximate surface area is 171 Å². The first-order valence-corrected chi connectivity index (χ1v) is 10.5. The summed E-state index contributed by atoms with van der Waals surface area (Å²) in [6, 6.07) is 12.3. The van der Waals surface area contributed by atoms with Crippen LogP contribution in [0.2, 0.25) is 0 Å². The van der Waals surface area contributed by atoms with Gasteiger partial charge in [-0.05, 0) is 60.2 Å². The molecule has 0 spiro atoms. The minimum Gasteiger partial charge on any atom is -0.486 e. The van der Waals surface area contributed by atoms with Crippen LogP contribution in [0, 0.1) is 5.82 Å². The number of carbonyl (C=O) groups is 1. The molecule has 0 fully saturated rings. The Morgan fingerprint density at radius 3 is 2.76 bits per heavy atom. The molecule has 2 aliphatic rings. The Morgan fingerprint density at radius 1 is 1.07 bits per heavy atom. The lowest BCUT2D eigenvalue weighted by Crippen LogP contribution is -2.45. The fourth-order valence-corrected chi connectivity index (χ4v) is 4.56. The van der Waals surface area contributed by atoms with Gasteiger partial charge in [0.1, 0.15) is 18.2 Å². The largest absolute Gasteiger partial charge is 0.486 e. The van der Waals surface area contributed by atoms with Crippen LogP contribution in [0.15, 0.2) is 47.6 Å². The van der Waals surface area contributed by atoms with Crippen LogP contribution < -0.4 is 9.75 Å². The van der Waals surface area contributed by atoms with E-state index in [1.54, 1.807) is 21.8 Å². The van der Waals surface area contributed by atoms with E-state index in [1.807, 2.05) is 6.07 Å². The highest BCUT2D eigenvalue weighted by Gasteiger charge is 2.29. The van der Waals surface area contributed by atoms with Crippen molar-refractivity contribution in [3.8, 4) is 5.75 Å². The number of hydrogen-bond acceptors (Lipinski definition) is 5. The second kappa shape index (κ2) is 7.51. The minimum atomic E-state index is -0.303. The van der Waals surface area contributed by atoms with Crippen LogP contribution in [0.5, 0.6) is 5.75 Å². The quantitative estimate of drug-likeness (QED) is 0.646. The maximum Gasteiger partial charge on any atom is 0.252 e. The Kier molecular flexibility index (Phi) is 4.71. The maximum atomic E-state index is 13.2. The van der Waals surface area contributed by atoms with Crippen LogP contribution in [-0.2, 0) is 30.8 Å². The third-order valence-electron chi connectivity index (χ3n) is 5.21. The summed E-state index contributed by atoms with van der Waals surface area (Å²) in [6.45, 7) is 0.524. The van der Waals surface area contributed by atoms with Crippen LogP contribution in [0.25, 0.3) is 0 Å². The zero-order valence-electron chi connectivity index (χ0n) is 15.7. The molecule has 1 aromatic heterocycles. The zero-order chi connectivity index (χ0) is 19.8. The molecule has 8 heteroatoms. The van der Waals surface area contributed by atoms with E-state index in [2.05, 4.69) is 22.3 Å². The number of ether oxygens (including phenoxy) is 1. The number of amides is 1. The van der Waals surface area contributed by atoms with Gasteiger partial charge < -0.3 is 4.74 Å². The summed E-state index contributed by atoms with van der Waals surface area (Å²) in [6.07, 6.45) is 3.41. The molecule has 0 unspecified atom stereocenters. The predicted octanol–water partition coefficient (Wildman–Crippen LogP) is 3.26. The Hall–Kier alpha value is -2.87. The van der Waals surface area contributed by atoms with Crippen molar-refractivity contribution in [3.05, 3.63) is 70.8 Å². The zero-order valence-corrected chi connectivity index (χ0v) is 16.5. The van der Waals surface area contributed by atoms with Crippen LogP contribution in [0.4, 0.5) is 4.39 Å². The number of hydrogen-bond donors (Lipinski definition) is 0. The summed E-state index contributed by atoms with van der Waals surface area (Å²) in [5.74, 6) is 1.30. The number of aryl methyl sites for hydroxylation is 2. The smallest absolute Gasteiger partial charge is 0.252 e. The maximum absolute atomic E-state index is 13.2. The summed E-state index contributed by atoms with van der Waals surface area (Å²) in [4.78, 5) is 12.6. The number of benzene rings is 2. The fraction of sp³-hybridized carbons (Fsp3) is 0.286. The lowest BCUT2D eigenvalue weighted by atomic mass is 10.1. The van der Waals surface area contributed by atoms with Crippen molar-refractivity contribution in [2.75, 3.05) is 10.8 Å². The van der Waals surface area contributed by atoms with Gasteiger partial charge in [0.15, 0.2) is 5.82 Å². The number of fused-ring (bicyclic) bond motifs is 2. The Bertz CT molecular complexity index is 1070. The lowest BCUT2D eigenvalue weighted by molar-refractivity contribution is -0.118. The normalized spacial score (nSPS) is 15.3. The van der Waals surface area contributed by atoms with Gasteiger partial charge in [-0.1, -0.05) is 30.0 Å². The summed E-state index contributed by atoms with van der Waals surface area (Å²) in [5, 5.41) is 10.7. The average Bonchev–Trinajstić information content (AvgIpc) is 3.36. The molecule has 148 valence electrons. The van der Waals surface area contributed by atoms with Gasteiger partial charge in [-0.2, -0.15) is 0 Å². The predicted molar refractivity (Wildman–Crippen MR) is 107 cm³/mol. The first kappa shape index (κ1) is 18.2. The molecule has 3 aromatic rings. The van der Waals surface area contributed by atoms with Gasteiger partial charge in [-0.25, -0.2) is 14.1 Å². The molecule has 0 radical (unpaired) electrons. The molecule has 0 N–H and O–H groups in total. The van der Waals surface area contributed by atoms with E-state index < -0.39 is 0 Å². The van der Waals surface area contributed by atoms with Gasteiger partial charge in [0, 0.05) is 0 Å². The molecule has 29 heavy (non-hydrogen) atoms. The van der Waals surface area contributed by atoms with Crippen LogP contribution in [-0.4, -0.2) is 26.5 Å². The number of carbonyl (C=O) groups excluding carboxylic acids is 1. The molecule has 2 aromatic carbocycles. The second-order valence-corrected chi connectivity index (χ2v) is 8.09. The van der Waals surface area contributed by atoms with Crippen LogP contribution in [0.3, 0.4) is 0 Å². The molecule has 0 bridgehead atoms. The molecule has 5 rings (SSSR count). The van der Waals surface area contributed by atoms with Gasteiger partial charge in [-0.15, -0.1) is 10.2 Å². The van der Waals surface area contributed by atoms with Crippen molar-refractivity contribution in [2.24, 2.45) is 0 Å². The van der Waals surface area contributed by atoms with Crippen molar-refractivity contribution in [1.82, 2.24) is 14.9 Å². The first-order chi connectivity index (χ1) is 14.2. The van der Waals surface area contributed by atoms with E-state index in [0.717, 1.165) is 24.2 Å². The van der Waals surface area contributed by atoms with Crippen molar-refractivity contribution in [3.63, 3.8) is 0 Å². The summed E-state index contributed by atoms with van der Waals surface area (Å²) in [7, 11) is 0. The van der Waals surface area contributed by atoms with Crippen LogP contribution in [0.1, 0.15) is 28.9 Å². The molecule has 1 amide bonds. The van der Waals surface area contributed by atoms with E-state index >= 15 is 0 Å². The average molecular weight is 410 g/mol. The Balaban J connectivity index is 1.37. The van der Waals surface area contributed by atoms with E-state index in [0.29, 0.717) is 23.3 Å². The van der Waals surface area contributed by atoms with E-state index in [9.17, 15) is 9.18 Å². The molecule has 0 saturated heterocycles. The topological polar surface area (TPSA) is 60.2 Å². The van der Waals surface area contributed by atoms with Gasteiger partial charge in [0.25, 0.3) is 5.91 Å². The molecule has 0 saturated carbocycles. The third-order valence-corrected chi connectivity index (χ3v) is 6.12. The number of rotatable bonds is 5. The van der Waals surface area contributed by atoms with Crippen molar-refractivity contribution in [1.29, 1.82) is 0 Å². The van der Waals surface area contributed by atoms with E-state index in [4.69, 9.17) is 4.74 Å². The molecule has 0 atom stereocenters. The molecule has 2 heterocycles. The van der Waals surface area contributed by atoms with Crippen molar-refractivity contribution in [2.45, 2.75) is 37.6 Å². The third kappa shape index (κ3) is 3.60. The summed E-state index contributed by atoms with van der Waals surface area (Å²) in [5.41, 5.74) is 3.57. The fourth-order valence-electron chi connectivity index (χ4n) is 3.74. The van der Waals surface area contributed by atoms with E-state index in [1.165, 1.54) is 41.4 Å². The van der Waals surface area contributed by atoms with Gasteiger partial charge in [-0.3, -0.25) is 4.79 Å². The number of thioether (sulfide) groups is 1. The number of nitrogens with zero attached hydrogens (tertiary/aromatic N) is 4. The van der Waals surface area contributed by atoms with Gasteiger partial charge in [0.05, 0.1) is 12.3 Å². The highest BCUT2D eigenvalue weighted by Crippen LogP contribution is 2.28. The second-order valence-electron chi connectivity index (χ2n) is 7.15. The molecular weight excluding hydrogens is 391 g/mol. The standard InChI is InChI=1S/C21H19FN4O2S/c22-17-7-4-14(5-8-17)11-25-20(27)13-29-21-24-23-19(26(21)25)12-28-18-9-6-15-2-1-3-16(15)10-18/h4-10H,1-3,11-13H2. The van der Waals surface area contributed by atoms with Crippen molar-refractivity contribution >= 4 is 17.7 Å². The first-order valence-electron chi connectivity index (χ1n) is 9.54. The van der Waals surface area contributed by atoms with E-state index in [-0.39, 0.29) is 18.3 Å². The number of aromatic nitrogens is 3. The highest BCUT2D eigenvalue weighted by molar-refractivity contribution is 7.99. The summed E-state index contributed by atoms with van der Waals surface area (Å²) < 4.78 is 20.9. The lowest BCUT2D eigenvalue weighted by Gasteiger charge is -2.29. The minimum absolute atomic E-state index is 0.0506. The van der Waals surface area contributed by atoms with Gasteiger partial charge >= 0.3 is 0 Å². The molecule has 1 aliphatic heterocycles. The van der Waals surface area contributed by atoms with Crippen molar-refractivity contribution < 1.29 is 13.9 Å². The number of halogens is 1. The van der Waals surface area contributed by atoms with Gasteiger partial charge in [0.2, 0.25) is 5.16 Å². The molecular formula is C21H19FN4O2S. The Morgan fingerprint density at radius 2 is 1.90 bits per heavy atom. The molecule has 6 nitrogen and oxygen atoms in total. The molecule has 1 aliphatic carbocycles. The monoisotopic (exact) mass is 410 g/mol.